The Balaban J connectivity index is 3.00. The number of nitrogens with zero attached hydrogens (tertiary/aromatic N) is 1. The largest absolute Gasteiger partial charge is 0.442 e. The van der Waals surface area contributed by atoms with Crippen LogP contribution in [0.2, 0.25) is 0 Å². The molecule has 0 aliphatic rings. The van der Waals surface area contributed by atoms with Crippen LogP contribution in [0.5, 0.6) is 0 Å². The number of oxazole rings is 1. The molecule has 1 aromatic rings. The van der Waals surface area contributed by atoms with Crippen molar-refractivity contribution in [3.8, 4) is 0 Å². The molecule has 0 spiro atoms. The van der Waals surface area contributed by atoms with E-state index in [-0.39, 0.29) is 0 Å². The molecule has 0 N–H and O–H groups in total. The quantitative estimate of drug-likeness (QED) is 0.547. The van der Waals surface area contributed by atoms with Crippen LogP contribution in [0.1, 0.15) is 11.7 Å². The Bertz CT molecular complexity index is 190. The van der Waals surface area contributed by atoms with E-state index in [1.165, 1.54) is 0 Å². The number of rotatable bonds is 1. The van der Waals surface area contributed by atoms with Crippen molar-refractivity contribution >= 4 is 6.08 Å². The molecule has 0 aliphatic heterocycles. The molecule has 0 atom stereocenters. The van der Waals surface area contributed by atoms with E-state index in [1.54, 1.807) is 19.2 Å². The normalized spacial score (nSPS) is 9.12. The van der Waals surface area contributed by atoms with Crippen molar-refractivity contribution in [3.63, 3.8) is 0 Å². The van der Waals surface area contributed by atoms with Crippen molar-refractivity contribution in [1.82, 2.24) is 4.98 Å². The van der Waals surface area contributed by atoms with Gasteiger partial charge in [0.1, 0.15) is 5.76 Å². The van der Waals surface area contributed by atoms with Crippen LogP contribution in [0.15, 0.2) is 17.2 Å². The maximum atomic E-state index is 5.00. The molecule has 0 amide bonds. The van der Waals surface area contributed by atoms with Gasteiger partial charge in [0.05, 0.1) is 6.20 Å². The maximum absolute atomic E-state index is 5.00. The molecule has 1 heterocycles. The summed E-state index contributed by atoms with van der Waals surface area (Å²) in [6.45, 7) is 5.31. The molecule has 0 radical (unpaired) electrons. The topological polar surface area (TPSA) is 26.0 Å². The van der Waals surface area contributed by atoms with Crippen molar-refractivity contribution in [2.45, 2.75) is 6.92 Å². The van der Waals surface area contributed by atoms with Gasteiger partial charge in [-0.2, -0.15) is 0 Å². The molecular weight excluding hydrogens is 102 g/mol. The molecule has 1 aromatic heterocycles. The summed E-state index contributed by atoms with van der Waals surface area (Å²) in [5.74, 6) is 1.41. The number of hydrogen-bond donors (Lipinski definition) is 0. The second-order valence-corrected chi connectivity index (χ2v) is 1.49. The third-order valence-electron chi connectivity index (χ3n) is 0.840. The van der Waals surface area contributed by atoms with E-state index in [0.717, 1.165) is 5.76 Å². The SMILES string of the molecule is C=Cc1cnc(C)o1. The average Bonchev–Trinajstić information content (AvgIpc) is 2.14. The Morgan fingerprint density at radius 2 is 2.62 bits per heavy atom. The Morgan fingerprint density at radius 3 is 2.88 bits per heavy atom. The van der Waals surface area contributed by atoms with Gasteiger partial charge in [-0.15, -0.1) is 0 Å². The number of aromatic nitrogens is 1. The highest BCUT2D eigenvalue weighted by atomic mass is 16.3. The summed E-state index contributed by atoms with van der Waals surface area (Å²) in [6.07, 6.45) is 3.27. The minimum Gasteiger partial charge on any atom is -0.442 e. The van der Waals surface area contributed by atoms with Gasteiger partial charge in [0, 0.05) is 6.92 Å². The summed E-state index contributed by atoms with van der Waals surface area (Å²) in [5, 5.41) is 0. The lowest BCUT2D eigenvalue weighted by Gasteiger charge is -1.75. The zero-order chi connectivity index (χ0) is 5.98. The first-order chi connectivity index (χ1) is 3.83. The second-order valence-electron chi connectivity index (χ2n) is 1.49. The van der Waals surface area contributed by atoms with Gasteiger partial charge in [0.15, 0.2) is 5.89 Å². The van der Waals surface area contributed by atoms with Crippen molar-refractivity contribution in [2.75, 3.05) is 0 Å². The van der Waals surface area contributed by atoms with Gasteiger partial charge in [-0.05, 0) is 6.08 Å². The van der Waals surface area contributed by atoms with Crippen LogP contribution in [0.4, 0.5) is 0 Å². The minimum absolute atomic E-state index is 0.680. The van der Waals surface area contributed by atoms with Gasteiger partial charge in [0.2, 0.25) is 0 Å². The Labute approximate surface area is 47.9 Å². The zero-order valence-corrected chi connectivity index (χ0v) is 4.72. The molecule has 2 heteroatoms. The average molecular weight is 109 g/mol. The fraction of sp³-hybridized carbons (Fsp3) is 0.167. The van der Waals surface area contributed by atoms with Gasteiger partial charge in [0.25, 0.3) is 0 Å². The van der Waals surface area contributed by atoms with Crippen LogP contribution >= 0.6 is 0 Å². The van der Waals surface area contributed by atoms with Crippen LogP contribution < -0.4 is 0 Å². The Kier molecular flexibility index (Phi) is 1.16. The van der Waals surface area contributed by atoms with Crippen LogP contribution in [0.3, 0.4) is 0 Å². The van der Waals surface area contributed by atoms with Crippen molar-refractivity contribution < 1.29 is 4.42 Å². The fourth-order valence-corrected chi connectivity index (χ4v) is 0.472. The first kappa shape index (κ1) is 5.09. The van der Waals surface area contributed by atoms with Crippen LogP contribution in [-0.2, 0) is 0 Å². The van der Waals surface area contributed by atoms with Gasteiger partial charge < -0.3 is 4.42 Å². The van der Waals surface area contributed by atoms with Crippen molar-refractivity contribution in [1.29, 1.82) is 0 Å². The van der Waals surface area contributed by atoms with Gasteiger partial charge in [-0.25, -0.2) is 4.98 Å². The van der Waals surface area contributed by atoms with E-state index >= 15 is 0 Å². The third-order valence-corrected chi connectivity index (χ3v) is 0.840. The maximum Gasteiger partial charge on any atom is 0.191 e. The van der Waals surface area contributed by atoms with Crippen LogP contribution in [0, 0.1) is 6.92 Å². The summed E-state index contributed by atoms with van der Waals surface area (Å²) >= 11 is 0. The summed E-state index contributed by atoms with van der Waals surface area (Å²) in [4.78, 5) is 3.85. The van der Waals surface area contributed by atoms with Crippen LogP contribution in [-0.4, -0.2) is 4.98 Å². The molecule has 2 nitrogen and oxygen atoms in total. The summed E-state index contributed by atoms with van der Waals surface area (Å²) in [6, 6.07) is 0. The standard InChI is InChI=1S/C6H7NO/c1-3-6-4-7-5(2)8-6/h3-4H,1H2,2H3. The zero-order valence-electron chi connectivity index (χ0n) is 4.72. The van der Waals surface area contributed by atoms with E-state index < -0.39 is 0 Å². The Morgan fingerprint density at radius 1 is 1.88 bits per heavy atom. The van der Waals surface area contributed by atoms with E-state index in [0.29, 0.717) is 5.89 Å². The number of hydrogen-bond acceptors (Lipinski definition) is 2. The highest BCUT2D eigenvalue weighted by Crippen LogP contribution is 2.01. The molecule has 0 fully saturated rings. The number of aryl methyl sites for hydroxylation is 1. The summed E-state index contributed by atoms with van der Waals surface area (Å²) < 4.78 is 5.00. The third kappa shape index (κ3) is 0.780. The molecule has 0 aromatic carbocycles. The lowest BCUT2D eigenvalue weighted by molar-refractivity contribution is 0.513. The van der Waals surface area contributed by atoms with Gasteiger partial charge >= 0.3 is 0 Å². The molecular formula is C6H7NO. The molecule has 0 saturated carbocycles. The second kappa shape index (κ2) is 1.82. The predicted molar refractivity (Wildman–Crippen MR) is 31.3 cm³/mol. The highest BCUT2D eigenvalue weighted by molar-refractivity contribution is 5.36. The summed E-state index contributed by atoms with van der Waals surface area (Å²) in [7, 11) is 0. The predicted octanol–water partition coefficient (Wildman–Crippen LogP) is 1.63. The lowest BCUT2D eigenvalue weighted by Crippen LogP contribution is -1.59. The minimum atomic E-state index is 0.680. The van der Waals surface area contributed by atoms with Crippen molar-refractivity contribution in [3.05, 3.63) is 24.4 Å². The van der Waals surface area contributed by atoms with E-state index in [4.69, 9.17) is 4.42 Å². The molecule has 8 heavy (non-hydrogen) atoms. The molecule has 0 aliphatic carbocycles. The van der Waals surface area contributed by atoms with Gasteiger partial charge in [-0.3, -0.25) is 0 Å². The fourth-order valence-electron chi connectivity index (χ4n) is 0.472. The molecule has 0 saturated heterocycles. The van der Waals surface area contributed by atoms with E-state index in [2.05, 4.69) is 11.6 Å². The van der Waals surface area contributed by atoms with Crippen LogP contribution in [0.25, 0.3) is 6.08 Å². The van der Waals surface area contributed by atoms with E-state index in [1.807, 2.05) is 0 Å². The van der Waals surface area contributed by atoms with E-state index in [9.17, 15) is 0 Å². The smallest absolute Gasteiger partial charge is 0.191 e. The van der Waals surface area contributed by atoms with Gasteiger partial charge in [-0.1, -0.05) is 6.58 Å². The molecule has 0 unspecified atom stereocenters. The lowest BCUT2D eigenvalue weighted by atomic mass is 10.5. The molecule has 0 bridgehead atoms. The first-order valence-corrected chi connectivity index (χ1v) is 2.38. The summed E-state index contributed by atoms with van der Waals surface area (Å²) in [5.41, 5.74) is 0. The highest BCUT2D eigenvalue weighted by Gasteiger charge is 1.90. The Hall–Kier alpha value is -1.05. The monoisotopic (exact) mass is 109 g/mol. The van der Waals surface area contributed by atoms with Crippen molar-refractivity contribution in [2.24, 2.45) is 0 Å². The molecule has 42 valence electrons. The molecule has 1 rings (SSSR count). The first-order valence-electron chi connectivity index (χ1n) is 2.38.